The van der Waals surface area contributed by atoms with Gasteiger partial charge in [0, 0.05) is 12.6 Å². The van der Waals surface area contributed by atoms with Gasteiger partial charge in [0.2, 0.25) is 0 Å². The first-order chi connectivity index (χ1) is 8.59. The van der Waals surface area contributed by atoms with Gasteiger partial charge in [0.1, 0.15) is 0 Å². The third-order valence-corrected chi connectivity index (χ3v) is 3.91. The summed E-state index contributed by atoms with van der Waals surface area (Å²) in [4.78, 5) is 0. The number of unbranched alkanes of at least 4 members (excludes halogenated alkanes) is 1. The molecule has 0 spiro atoms. The largest absolute Gasteiger partial charge is 0.379 e. The van der Waals surface area contributed by atoms with Crippen molar-refractivity contribution in [3.8, 4) is 0 Å². The molecule has 0 aromatic carbocycles. The van der Waals surface area contributed by atoms with E-state index < -0.39 is 0 Å². The Morgan fingerprint density at radius 1 is 1.22 bits per heavy atom. The Kier molecular flexibility index (Phi) is 7.20. The predicted octanol–water partition coefficient (Wildman–Crippen LogP) is 2.99. The van der Waals surface area contributed by atoms with Crippen LogP contribution in [0.3, 0.4) is 0 Å². The van der Waals surface area contributed by atoms with Crippen LogP contribution in [-0.2, 0) is 9.47 Å². The van der Waals surface area contributed by atoms with E-state index in [-0.39, 0.29) is 0 Å². The molecule has 1 aliphatic carbocycles. The summed E-state index contributed by atoms with van der Waals surface area (Å²) in [5, 5.41) is 3.39. The molecule has 2 unspecified atom stereocenters. The standard InChI is InChI=1S/C15H31NO2/c1-5-6-9-17-10-11-18-14-12-15(2,3)8-7-13(14)16-4/h13-14,16H,5-12H2,1-4H3. The Balaban J connectivity index is 2.20. The molecule has 0 amide bonds. The summed E-state index contributed by atoms with van der Waals surface area (Å²) in [5.41, 5.74) is 0.418. The highest BCUT2D eigenvalue weighted by Crippen LogP contribution is 2.36. The minimum absolute atomic E-state index is 0.341. The summed E-state index contributed by atoms with van der Waals surface area (Å²) in [6, 6.07) is 0.508. The van der Waals surface area contributed by atoms with Crippen LogP contribution in [0.25, 0.3) is 0 Å². The van der Waals surface area contributed by atoms with Crippen LogP contribution in [0.2, 0.25) is 0 Å². The van der Waals surface area contributed by atoms with E-state index in [0.29, 0.717) is 17.6 Å². The molecule has 1 aliphatic rings. The van der Waals surface area contributed by atoms with E-state index >= 15 is 0 Å². The lowest BCUT2D eigenvalue weighted by Crippen LogP contribution is -2.46. The van der Waals surface area contributed by atoms with E-state index in [9.17, 15) is 0 Å². The third-order valence-electron chi connectivity index (χ3n) is 3.91. The zero-order chi connectivity index (χ0) is 13.4. The molecule has 1 rings (SSSR count). The smallest absolute Gasteiger partial charge is 0.0734 e. The SMILES string of the molecule is CCCCOCCOC1CC(C)(C)CCC1NC. The summed E-state index contributed by atoms with van der Waals surface area (Å²) in [5.74, 6) is 0. The van der Waals surface area contributed by atoms with Gasteiger partial charge in [-0.3, -0.25) is 0 Å². The lowest BCUT2D eigenvalue weighted by Gasteiger charge is -2.40. The van der Waals surface area contributed by atoms with Crippen LogP contribution in [0.4, 0.5) is 0 Å². The summed E-state index contributed by atoms with van der Waals surface area (Å²) in [7, 11) is 2.04. The van der Waals surface area contributed by atoms with Crippen molar-refractivity contribution in [2.24, 2.45) is 5.41 Å². The molecule has 18 heavy (non-hydrogen) atoms. The Bertz CT molecular complexity index is 219. The average Bonchev–Trinajstić information content (AvgIpc) is 2.33. The van der Waals surface area contributed by atoms with Gasteiger partial charge < -0.3 is 14.8 Å². The molecule has 0 aromatic heterocycles. The highest BCUT2D eigenvalue weighted by Gasteiger charge is 2.34. The molecule has 0 bridgehead atoms. The van der Waals surface area contributed by atoms with Gasteiger partial charge in [-0.15, -0.1) is 0 Å². The molecule has 1 saturated carbocycles. The van der Waals surface area contributed by atoms with Crippen molar-refractivity contribution in [3.63, 3.8) is 0 Å². The average molecular weight is 257 g/mol. The van der Waals surface area contributed by atoms with Crippen LogP contribution < -0.4 is 5.32 Å². The van der Waals surface area contributed by atoms with Crippen LogP contribution in [0.5, 0.6) is 0 Å². The Morgan fingerprint density at radius 3 is 2.67 bits per heavy atom. The van der Waals surface area contributed by atoms with Crippen LogP contribution >= 0.6 is 0 Å². The molecule has 1 N–H and O–H groups in total. The lowest BCUT2D eigenvalue weighted by atomic mass is 9.74. The zero-order valence-electron chi connectivity index (χ0n) is 12.6. The van der Waals surface area contributed by atoms with Gasteiger partial charge in [0.05, 0.1) is 19.3 Å². The second-order valence-electron chi connectivity index (χ2n) is 6.18. The van der Waals surface area contributed by atoms with Crippen molar-refractivity contribution in [1.82, 2.24) is 5.32 Å². The number of rotatable bonds is 8. The van der Waals surface area contributed by atoms with Gasteiger partial charge in [0.25, 0.3) is 0 Å². The van der Waals surface area contributed by atoms with Gasteiger partial charge in [-0.1, -0.05) is 27.2 Å². The van der Waals surface area contributed by atoms with Crippen LogP contribution in [0.1, 0.15) is 52.9 Å². The number of likely N-dealkylation sites (N-methyl/N-ethyl adjacent to an activating group) is 1. The van der Waals surface area contributed by atoms with Crippen LogP contribution in [-0.4, -0.2) is 39.0 Å². The van der Waals surface area contributed by atoms with E-state index in [1.165, 1.54) is 19.3 Å². The first-order valence-electron chi connectivity index (χ1n) is 7.45. The molecule has 1 fully saturated rings. The quantitative estimate of drug-likeness (QED) is 0.678. The summed E-state index contributed by atoms with van der Waals surface area (Å²) in [6.07, 6.45) is 6.33. The Hall–Kier alpha value is -0.120. The molecule has 3 heteroatoms. The van der Waals surface area contributed by atoms with Crippen molar-refractivity contribution in [1.29, 1.82) is 0 Å². The maximum atomic E-state index is 6.01. The van der Waals surface area contributed by atoms with Gasteiger partial charge in [0.15, 0.2) is 0 Å². The number of hydrogen-bond acceptors (Lipinski definition) is 3. The maximum Gasteiger partial charge on any atom is 0.0734 e. The zero-order valence-corrected chi connectivity index (χ0v) is 12.6. The second kappa shape index (κ2) is 8.13. The molecule has 3 nitrogen and oxygen atoms in total. The van der Waals surface area contributed by atoms with E-state index in [2.05, 4.69) is 26.1 Å². The minimum atomic E-state index is 0.341. The van der Waals surface area contributed by atoms with E-state index in [4.69, 9.17) is 9.47 Å². The van der Waals surface area contributed by atoms with Gasteiger partial charge in [-0.05, 0) is 38.1 Å². The van der Waals surface area contributed by atoms with Gasteiger partial charge in [-0.2, -0.15) is 0 Å². The summed E-state index contributed by atoms with van der Waals surface area (Å²) >= 11 is 0. The van der Waals surface area contributed by atoms with E-state index in [0.717, 1.165) is 32.7 Å². The van der Waals surface area contributed by atoms with Gasteiger partial charge >= 0.3 is 0 Å². The first kappa shape index (κ1) is 15.9. The molecule has 0 heterocycles. The number of hydrogen-bond donors (Lipinski definition) is 1. The number of nitrogens with one attached hydrogen (secondary N) is 1. The molecule has 2 atom stereocenters. The normalized spacial score (nSPS) is 27.3. The third kappa shape index (κ3) is 5.68. The fourth-order valence-electron chi connectivity index (χ4n) is 2.63. The van der Waals surface area contributed by atoms with Crippen molar-refractivity contribution in [2.45, 2.75) is 65.0 Å². The fourth-order valence-corrected chi connectivity index (χ4v) is 2.63. The molecule has 0 saturated heterocycles. The van der Waals surface area contributed by atoms with Crippen molar-refractivity contribution >= 4 is 0 Å². The van der Waals surface area contributed by atoms with E-state index in [1.807, 2.05) is 7.05 Å². The summed E-state index contributed by atoms with van der Waals surface area (Å²) < 4.78 is 11.6. The highest BCUT2D eigenvalue weighted by molar-refractivity contribution is 4.89. The maximum absolute atomic E-state index is 6.01. The van der Waals surface area contributed by atoms with Crippen molar-refractivity contribution < 1.29 is 9.47 Å². The lowest BCUT2D eigenvalue weighted by molar-refractivity contribution is -0.0481. The highest BCUT2D eigenvalue weighted by atomic mass is 16.5. The number of ether oxygens (including phenoxy) is 2. The van der Waals surface area contributed by atoms with Gasteiger partial charge in [-0.25, -0.2) is 0 Å². The second-order valence-corrected chi connectivity index (χ2v) is 6.18. The Morgan fingerprint density at radius 2 is 2.00 bits per heavy atom. The molecular weight excluding hydrogens is 226 g/mol. The van der Waals surface area contributed by atoms with Crippen LogP contribution in [0.15, 0.2) is 0 Å². The van der Waals surface area contributed by atoms with Crippen molar-refractivity contribution in [2.75, 3.05) is 26.9 Å². The minimum Gasteiger partial charge on any atom is -0.379 e. The summed E-state index contributed by atoms with van der Waals surface area (Å²) in [6.45, 7) is 9.18. The van der Waals surface area contributed by atoms with Crippen LogP contribution in [0, 0.1) is 5.41 Å². The molecule has 108 valence electrons. The molecule has 0 aromatic rings. The molecule has 0 aliphatic heterocycles. The predicted molar refractivity (Wildman–Crippen MR) is 75.9 cm³/mol. The van der Waals surface area contributed by atoms with E-state index in [1.54, 1.807) is 0 Å². The first-order valence-corrected chi connectivity index (χ1v) is 7.45. The molecular formula is C15H31NO2. The van der Waals surface area contributed by atoms with Crippen molar-refractivity contribution in [3.05, 3.63) is 0 Å². The topological polar surface area (TPSA) is 30.5 Å². The fraction of sp³-hybridized carbons (Fsp3) is 1.00. The molecule has 0 radical (unpaired) electrons. The monoisotopic (exact) mass is 257 g/mol. The Labute approximate surface area is 113 Å².